The maximum atomic E-state index is 12.2. The van der Waals surface area contributed by atoms with Crippen LogP contribution in [0.5, 0.6) is 0 Å². The van der Waals surface area contributed by atoms with Crippen LogP contribution in [0, 0.1) is 6.92 Å². The molecule has 1 amide bonds. The fourth-order valence-corrected chi connectivity index (χ4v) is 2.30. The highest BCUT2D eigenvalue weighted by Gasteiger charge is 2.23. The molecule has 4 nitrogen and oxygen atoms in total. The molecule has 1 fully saturated rings. The zero-order valence-corrected chi connectivity index (χ0v) is 11.1. The number of nitrogens with one attached hydrogen (secondary N) is 1. The van der Waals surface area contributed by atoms with Gasteiger partial charge in [-0.25, -0.2) is 0 Å². The lowest BCUT2D eigenvalue weighted by Crippen LogP contribution is -2.39. The Morgan fingerprint density at radius 1 is 1.39 bits per heavy atom. The average Bonchev–Trinajstić information content (AvgIpc) is 2.86. The van der Waals surface area contributed by atoms with Crippen molar-refractivity contribution in [2.45, 2.75) is 32.7 Å². The molecule has 0 radical (unpaired) electrons. The average molecular weight is 247 g/mol. The Morgan fingerprint density at radius 2 is 2.06 bits per heavy atom. The molecule has 0 saturated carbocycles. The number of anilines is 2. The minimum Gasteiger partial charge on any atom is -0.397 e. The highest BCUT2D eigenvalue weighted by atomic mass is 16.2. The van der Waals surface area contributed by atoms with E-state index in [4.69, 9.17) is 5.73 Å². The van der Waals surface area contributed by atoms with Crippen LogP contribution in [0.3, 0.4) is 0 Å². The third-order valence-electron chi connectivity index (χ3n) is 3.37. The highest BCUT2D eigenvalue weighted by Crippen LogP contribution is 2.21. The van der Waals surface area contributed by atoms with Gasteiger partial charge in [-0.05, 0) is 44.4 Å². The molecule has 1 atom stereocenters. The monoisotopic (exact) mass is 247 g/mol. The van der Waals surface area contributed by atoms with Crippen molar-refractivity contribution < 1.29 is 4.79 Å². The lowest BCUT2D eigenvalue weighted by Gasteiger charge is -2.22. The third-order valence-corrected chi connectivity index (χ3v) is 3.37. The Balaban J connectivity index is 2.03. The molecular weight excluding hydrogens is 226 g/mol. The Labute approximate surface area is 108 Å². The van der Waals surface area contributed by atoms with Crippen LogP contribution in [-0.2, 0) is 4.79 Å². The van der Waals surface area contributed by atoms with Crippen molar-refractivity contribution in [2.24, 2.45) is 0 Å². The Kier molecular flexibility index (Phi) is 3.75. The number of rotatable bonds is 3. The summed E-state index contributed by atoms with van der Waals surface area (Å²) in [7, 11) is 0. The molecule has 1 heterocycles. The molecule has 1 aromatic rings. The van der Waals surface area contributed by atoms with Gasteiger partial charge in [0.15, 0.2) is 0 Å². The van der Waals surface area contributed by atoms with E-state index in [0.717, 1.165) is 37.2 Å². The number of likely N-dealkylation sites (tertiary alicyclic amines) is 1. The first kappa shape index (κ1) is 12.7. The summed E-state index contributed by atoms with van der Waals surface area (Å²) in [6, 6.07) is 5.58. The molecule has 2 rings (SSSR count). The molecule has 1 saturated heterocycles. The van der Waals surface area contributed by atoms with Crippen LogP contribution < -0.4 is 11.1 Å². The summed E-state index contributed by atoms with van der Waals surface area (Å²) in [4.78, 5) is 14.1. The lowest BCUT2D eigenvalue weighted by molar-refractivity contribution is -0.130. The maximum Gasteiger partial charge on any atom is 0.244 e. The Hall–Kier alpha value is -1.71. The van der Waals surface area contributed by atoms with Gasteiger partial charge in [0.2, 0.25) is 5.91 Å². The van der Waals surface area contributed by atoms with Crippen molar-refractivity contribution in [1.82, 2.24) is 4.90 Å². The summed E-state index contributed by atoms with van der Waals surface area (Å²) >= 11 is 0. The second kappa shape index (κ2) is 5.29. The van der Waals surface area contributed by atoms with Crippen molar-refractivity contribution in [1.29, 1.82) is 0 Å². The van der Waals surface area contributed by atoms with Gasteiger partial charge in [-0.15, -0.1) is 0 Å². The predicted molar refractivity (Wildman–Crippen MR) is 74.5 cm³/mol. The minimum absolute atomic E-state index is 0.161. The summed E-state index contributed by atoms with van der Waals surface area (Å²) in [6.07, 6.45) is 2.23. The van der Waals surface area contributed by atoms with Gasteiger partial charge < -0.3 is 16.0 Å². The number of hydrogen-bond acceptors (Lipinski definition) is 3. The van der Waals surface area contributed by atoms with Gasteiger partial charge in [0, 0.05) is 13.1 Å². The molecule has 98 valence electrons. The van der Waals surface area contributed by atoms with E-state index in [2.05, 4.69) is 5.32 Å². The predicted octanol–water partition coefficient (Wildman–Crippen LogP) is 2.00. The van der Waals surface area contributed by atoms with E-state index in [9.17, 15) is 4.79 Å². The van der Waals surface area contributed by atoms with Crippen molar-refractivity contribution in [3.8, 4) is 0 Å². The smallest absolute Gasteiger partial charge is 0.244 e. The number of benzene rings is 1. The standard InChI is InChI=1S/C14H21N3O/c1-10-5-6-12(15)13(9-10)16-11(2)14(18)17-7-3-4-8-17/h5-6,9,11,16H,3-4,7-8,15H2,1-2H3. The summed E-state index contributed by atoms with van der Waals surface area (Å²) in [5.41, 5.74) is 8.56. The largest absolute Gasteiger partial charge is 0.397 e. The number of nitrogens with zero attached hydrogens (tertiary/aromatic N) is 1. The SMILES string of the molecule is Cc1ccc(N)c(NC(C)C(=O)N2CCCC2)c1. The number of hydrogen-bond donors (Lipinski definition) is 2. The van der Waals surface area contributed by atoms with Crippen molar-refractivity contribution >= 4 is 17.3 Å². The molecular formula is C14H21N3O. The minimum atomic E-state index is -0.229. The van der Waals surface area contributed by atoms with E-state index in [1.54, 1.807) is 0 Å². The highest BCUT2D eigenvalue weighted by molar-refractivity contribution is 5.85. The first-order chi connectivity index (χ1) is 8.58. The van der Waals surface area contributed by atoms with Crippen LogP contribution >= 0.6 is 0 Å². The molecule has 3 N–H and O–H groups in total. The second-order valence-electron chi connectivity index (χ2n) is 4.99. The number of carbonyl (C=O) groups is 1. The first-order valence-electron chi connectivity index (χ1n) is 6.49. The number of amides is 1. The van der Waals surface area contributed by atoms with Crippen LogP contribution in [0.25, 0.3) is 0 Å². The molecule has 1 aromatic carbocycles. The Bertz CT molecular complexity index is 439. The quantitative estimate of drug-likeness (QED) is 0.803. The first-order valence-corrected chi connectivity index (χ1v) is 6.49. The number of aryl methyl sites for hydroxylation is 1. The third kappa shape index (κ3) is 2.75. The van der Waals surface area contributed by atoms with Crippen LogP contribution in [0.1, 0.15) is 25.3 Å². The second-order valence-corrected chi connectivity index (χ2v) is 4.99. The Morgan fingerprint density at radius 3 is 2.72 bits per heavy atom. The van der Waals surface area contributed by atoms with Gasteiger partial charge in [-0.2, -0.15) is 0 Å². The molecule has 1 aliphatic heterocycles. The summed E-state index contributed by atoms with van der Waals surface area (Å²) in [6.45, 7) is 5.67. The van der Waals surface area contributed by atoms with Gasteiger partial charge >= 0.3 is 0 Å². The zero-order chi connectivity index (χ0) is 13.1. The zero-order valence-electron chi connectivity index (χ0n) is 11.1. The molecule has 0 spiro atoms. The van der Waals surface area contributed by atoms with E-state index in [1.807, 2.05) is 36.9 Å². The number of nitrogens with two attached hydrogens (primary N) is 1. The van der Waals surface area contributed by atoms with Crippen molar-refractivity contribution in [3.05, 3.63) is 23.8 Å². The number of carbonyl (C=O) groups excluding carboxylic acids is 1. The van der Waals surface area contributed by atoms with Crippen LogP contribution in [0.4, 0.5) is 11.4 Å². The van der Waals surface area contributed by atoms with Crippen LogP contribution in [0.2, 0.25) is 0 Å². The van der Waals surface area contributed by atoms with Crippen LogP contribution in [0.15, 0.2) is 18.2 Å². The topological polar surface area (TPSA) is 58.4 Å². The lowest BCUT2D eigenvalue weighted by atomic mass is 10.1. The molecule has 0 aromatic heterocycles. The fraction of sp³-hybridized carbons (Fsp3) is 0.500. The molecule has 4 heteroatoms. The van der Waals surface area contributed by atoms with E-state index in [0.29, 0.717) is 5.69 Å². The van der Waals surface area contributed by atoms with Crippen molar-refractivity contribution in [2.75, 3.05) is 24.1 Å². The molecule has 1 unspecified atom stereocenters. The van der Waals surface area contributed by atoms with Gasteiger partial charge in [0.1, 0.15) is 6.04 Å². The van der Waals surface area contributed by atoms with Crippen molar-refractivity contribution in [3.63, 3.8) is 0 Å². The van der Waals surface area contributed by atoms with E-state index >= 15 is 0 Å². The van der Waals surface area contributed by atoms with E-state index in [-0.39, 0.29) is 11.9 Å². The molecule has 0 aliphatic carbocycles. The van der Waals surface area contributed by atoms with Gasteiger partial charge in [0.25, 0.3) is 0 Å². The summed E-state index contributed by atoms with van der Waals surface area (Å²) in [5.74, 6) is 0.161. The number of nitrogen functional groups attached to an aromatic ring is 1. The molecule has 1 aliphatic rings. The molecule has 18 heavy (non-hydrogen) atoms. The summed E-state index contributed by atoms with van der Waals surface area (Å²) in [5, 5.41) is 3.21. The fourth-order valence-electron chi connectivity index (χ4n) is 2.30. The van der Waals surface area contributed by atoms with E-state index in [1.165, 1.54) is 0 Å². The van der Waals surface area contributed by atoms with Crippen LogP contribution in [-0.4, -0.2) is 29.9 Å². The normalized spacial score (nSPS) is 16.7. The van der Waals surface area contributed by atoms with E-state index < -0.39 is 0 Å². The van der Waals surface area contributed by atoms with Gasteiger partial charge in [-0.3, -0.25) is 4.79 Å². The van der Waals surface area contributed by atoms with Gasteiger partial charge in [-0.1, -0.05) is 6.07 Å². The maximum absolute atomic E-state index is 12.2. The summed E-state index contributed by atoms with van der Waals surface area (Å²) < 4.78 is 0. The molecule has 0 bridgehead atoms. The van der Waals surface area contributed by atoms with Gasteiger partial charge in [0.05, 0.1) is 11.4 Å².